The maximum Gasteiger partial charge on any atom is 0.415 e. The first-order chi connectivity index (χ1) is 5.73. The molecular formula is C8H11NO3. The van der Waals surface area contributed by atoms with Crippen LogP contribution in [0.4, 0.5) is 4.79 Å². The van der Waals surface area contributed by atoms with E-state index < -0.39 is 11.6 Å². The van der Waals surface area contributed by atoms with Crippen LogP contribution < -0.4 is 5.32 Å². The van der Waals surface area contributed by atoms with Crippen LogP contribution in [0.5, 0.6) is 0 Å². The molecule has 0 radical (unpaired) electrons. The molecule has 1 spiro atoms. The number of nitrogens with one attached hydrogen (secondary N) is 1. The molecule has 1 aliphatic heterocycles. The zero-order valence-electron chi connectivity index (χ0n) is 6.76. The molecule has 12 heavy (non-hydrogen) atoms. The molecule has 4 heteroatoms. The third-order valence-electron chi connectivity index (χ3n) is 2.62. The number of esters is 1. The third-order valence-corrected chi connectivity index (χ3v) is 2.62. The Morgan fingerprint density at radius 1 is 1.17 bits per heavy atom. The molecular weight excluding hydrogens is 158 g/mol. The number of alkyl carbamates (subject to hydrolysis) is 1. The second-order valence-electron chi connectivity index (χ2n) is 3.44. The first-order valence-electron chi connectivity index (χ1n) is 4.27. The molecule has 1 aliphatic carbocycles. The number of carbonyl (C=O) groups is 2. The normalized spacial score (nSPS) is 27.0. The number of cyclic esters (lactones) is 2. The van der Waals surface area contributed by atoms with Crippen LogP contribution in [-0.4, -0.2) is 17.6 Å². The van der Waals surface area contributed by atoms with Crippen molar-refractivity contribution in [2.75, 3.05) is 0 Å². The molecule has 4 nitrogen and oxygen atoms in total. The van der Waals surface area contributed by atoms with Gasteiger partial charge in [-0.05, 0) is 12.8 Å². The summed E-state index contributed by atoms with van der Waals surface area (Å²) in [5.74, 6) is -0.382. The summed E-state index contributed by atoms with van der Waals surface area (Å²) < 4.78 is 4.47. The Morgan fingerprint density at radius 3 is 2.33 bits per heavy atom. The molecule has 1 N–H and O–H groups in total. The Morgan fingerprint density at radius 2 is 1.83 bits per heavy atom. The second-order valence-corrected chi connectivity index (χ2v) is 3.44. The zero-order valence-corrected chi connectivity index (χ0v) is 6.76. The molecule has 2 fully saturated rings. The lowest BCUT2D eigenvalue weighted by Gasteiger charge is -2.28. The summed E-state index contributed by atoms with van der Waals surface area (Å²) in [7, 11) is 0. The number of carbonyl (C=O) groups excluding carboxylic acids is 2. The van der Waals surface area contributed by atoms with Gasteiger partial charge >= 0.3 is 12.1 Å². The maximum absolute atomic E-state index is 11.3. The number of hydrogen-bond acceptors (Lipinski definition) is 3. The van der Waals surface area contributed by atoms with Crippen molar-refractivity contribution in [3.63, 3.8) is 0 Å². The summed E-state index contributed by atoms with van der Waals surface area (Å²) in [5.41, 5.74) is -0.657. The van der Waals surface area contributed by atoms with E-state index in [0.717, 1.165) is 32.1 Å². The lowest BCUT2D eigenvalue weighted by atomic mass is 9.82. The van der Waals surface area contributed by atoms with E-state index in [1.54, 1.807) is 0 Å². The van der Waals surface area contributed by atoms with Crippen LogP contribution in [0.2, 0.25) is 0 Å². The zero-order chi connectivity index (χ0) is 8.60. The van der Waals surface area contributed by atoms with Gasteiger partial charge in [0.1, 0.15) is 5.54 Å². The standard InChI is InChI=1S/C8H11NO3/c10-6-8(9-7(11)12-6)4-2-1-3-5-8/h1-5H2,(H,9,11). The van der Waals surface area contributed by atoms with Crippen molar-refractivity contribution < 1.29 is 14.3 Å². The van der Waals surface area contributed by atoms with Crippen LogP contribution >= 0.6 is 0 Å². The minimum Gasteiger partial charge on any atom is -0.374 e. The van der Waals surface area contributed by atoms with Crippen LogP contribution in [0.15, 0.2) is 0 Å². The van der Waals surface area contributed by atoms with Gasteiger partial charge in [-0.3, -0.25) is 0 Å². The topological polar surface area (TPSA) is 55.4 Å². The Labute approximate surface area is 70.3 Å². The van der Waals surface area contributed by atoms with E-state index in [1.165, 1.54) is 0 Å². The van der Waals surface area contributed by atoms with Gasteiger partial charge in [0.25, 0.3) is 0 Å². The molecule has 2 aliphatic rings. The van der Waals surface area contributed by atoms with Crippen LogP contribution in [0, 0.1) is 0 Å². The molecule has 2 rings (SSSR count). The molecule has 0 aromatic carbocycles. The fourth-order valence-electron chi connectivity index (χ4n) is 1.94. The Hall–Kier alpha value is -1.06. The predicted molar refractivity (Wildman–Crippen MR) is 40.4 cm³/mol. The average molecular weight is 169 g/mol. The number of amides is 1. The summed E-state index contributed by atoms with van der Waals surface area (Å²) in [6.07, 6.45) is 4.02. The van der Waals surface area contributed by atoms with Gasteiger partial charge in [-0.1, -0.05) is 19.3 Å². The number of rotatable bonds is 0. The quantitative estimate of drug-likeness (QED) is 0.434. The van der Waals surface area contributed by atoms with Crippen LogP contribution in [0.25, 0.3) is 0 Å². The van der Waals surface area contributed by atoms with Crippen molar-refractivity contribution in [1.29, 1.82) is 0 Å². The smallest absolute Gasteiger partial charge is 0.374 e. The fourth-order valence-corrected chi connectivity index (χ4v) is 1.94. The highest BCUT2D eigenvalue weighted by Crippen LogP contribution is 2.32. The third kappa shape index (κ3) is 0.983. The van der Waals surface area contributed by atoms with Crippen molar-refractivity contribution in [2.24, 2.45) is 0 Å². The van der Waals surface area contributed by atoms with Gasteiger partial charge in [0.2, 0.25) is 0 Å². The summed E-state index contributed by atoms with van der Waals surface area (Å²) in [5, 5.41) is 2.61. The molecule has 1 amide bonds. The minimum atomic E-state index is -0.657. The molecule has 0 bridgehead atoms. The minimum absolute atomic E-state index is 0.382. The SMILES string of the molecule is O=C1NC2(CCCCC2)C(=O)O1. The molecule has 1 saturated heterocycles. The molecule has 0 unspecified atom stereocenters. The highest BCUT2D eigenvalue weighted by Gasteiger charge is 2.48. The van der Waals surface area contributed by atoms with Crippen molar-refractivity contribution >= 4 is 12.1 Å². The van der Waals surface area contributed by atoms with E-state index in [0.29, 0.717) is 0 Å². The molecule has 0 aromatic heterocycles. The van der Waals surface area contributed by atoms with Crippen molar-refractivity contribution in [3.05, 3.63) is 0 Å². The molecule has 1 heterocycles. The summed E-state index contributed by atoms with van der Waals surface area (Å²) >= 11 is 0. The van der Waals surface area contributed by atoms with Gasteiger partial charge in [-0.15, -0.1) is 0 Å². The fraction of sp³-hybridized carbons (Fsp3) is 0.750. The second kappa shape index (κ2) is 2.47. The molecule has 0 atom stereocenters. The summed E-state index contributed by atoms with van der Waals surface area (Å²) in [6.45, 7) is 0. The molecule has 0 aromatic rings. The Kier molecular flexibility index (Phi) is 1.56. The van der Waals surface area contributed by atoms with Crippen molar-refractivity contribution in [2.45, 2.75) is 37.6 Å². The van der Waals surface area contributed by atoms with Crippen molar-refractivity contribution in [1.82, 2.24) is 5.32 Å². The Bertz CT molecular complexity index is 230. The van der Waals surface area contributed by atoms with Gasteiger partial charge in [0, 0.05) is 0 Å². The van der Waals surface area contributed by atoms with Crippen LogP contribution in [0.3, 0.4) is 0 Å². The monoisotopic (exact) mass is 169 g/mol. The first kappa shape index (κ1) is 7.58. The Balaban J connectivity index is 2.18. The molecule has 1 saturated carbocycles. The van der Waals surface area contributed by atoms with Gasteiger partial charge in [0.05, 0.1) is 0 Å². The van der Waals surface area contributed by atoms with E-state index in [9.17, 15) is 9.59 Å². The van der Waals surface area contributed by atoms with Crippen LogP contribution in [0.1, 0.15) is 32.1 Å². The lowest BCUT2D eigenvalue weighted by Crippen LogP contribution is -2.47. The van der Waals surface area contributed by atoms with E-state index in [2.05, 4.69) is 10.1 Å². The average Bonchev–Trinajstić information content (AvgIpc) is 2.29. The molecule has 66 valence electrons. The van der Waals surface area contributed by atoms with E-state index >= 15 is 0 Å². The van der Waals surface area contributed by atoms with E-state index in [1.807, 2.05) is 0 Å². The highest BCUT2D eigenvalue weighted by molar-refractivity contribution is 5.98. The predicted octanol–water partition coefficient (Wildman–Crippen LogP) is 0.956. The largest absolute Gasteiger partial charge is 0.415 e. The van der Waals surface area contributed by atoms with Crippen LogP contribution in [-0.2, 0) is 9.53 Å². The van der Waals surface area contributed by atoms with Crippen molar-refractivity contribution in [3.8, 4) is 0 Å². The van der Waals surface area contributed by atoms with E-state index in [-0.39, 0.29) is 5.97 Å². The number of hydrogen-bond donors (Lipinski definition) is 1. The van der Waals surface area contributed by atoms with Gasteiger partial charge in [-0.2, -0.15) is 0 Å². The van der Waals surface area contributed by atoms with Gasteiger partial charge in [-0.25, -0.2) is 9.59 Å². The first-order valence-corrected chi connectivity index (χ1v) is 4.27. The maximum atomic E-state index is 11.3. The summed E-state index contributed by atoms with van der Waals surface area (Å²) in [6, 6.07) is 0. The van der Waals surface area contributed by atoms with E-state index in [4.69, 9.17) is 0 Å². The lowest BCUT2D eigenvalue weighted by molar-refractivity contribution is -0.140. The summed E-state index contributed by atoms with van der Waals surface area (Å²) in [4.78, 5) is 22.0. The van der Waals surface area contributed by atoms with Gasteiger partial charge < -0.3 is 10.1 Å². The van der Waals surface area contributed by atoms with Gasteiger partial charge in [0.15, 0.2) is 0 Å². The highest BCUT2D eigenvalue weighted by atomic mass is 16.6. The number of ether oxygens (including phenoxy) is 1.